The second-order valence-corrected chi connectivity index (χ2v) is 3.81. The molecule has 0 saturated heterocycles. The summed E-state index contributed by atoms with van der Waals surface area (Å²) in [6.07, 6.45) is 0.644. The first-order chi connectivity index (χ1) is 6.50. The Morgan fingerprint density at radius 3 is 2.50 bits per heavy atom. The highest BCUT2D eigenvalue weighted by Crippen LogP contribution is 2.08. The van der Waals surface area contributed by atoms with Crippen LogP contribution in [0.1, 0.15) is 19.4 Å². The van der Waals surface area contributed by atoms with Gasteiger partial charge in [0, 0.05) is 0 Å². The van der Waals surface area contributed by atoms with Crippen LogP contribution < -0.4 is 5.46 Å². The molecule has 0 bridgehead atoms. The molecule has 0 spiro atoms. The maximum Gasteiger partial charge on any atom is 0.488 e. The molecule has 0 aliphatic rings. The topological polar surface area (TPSA) is 40.5 Å². The van der Waals surface area contributed by atoms with Gasteiger partial charge in [-0.1, -0.05) is 19.9 Å². The van der Waals surface area contributed by atoms with Crippen molar-refractivity contribution < 1.29 is 14.4 Å². The lowest BCUT2D eigenvalue weighted by atomic mass is 9.75. The van der Waals surface area contributed by atoms with Crippen LogP contribution in [0, 0.1) is 11.7 Å². The van der Waals surface area contributed by atoms with Crippen molar-refractivity contribution in [3.8, 4) is 0 Å². The second kappa shape index (κ2) is 4.57. The van der Waals surface area contributed by atoms with Crippen LogP contribution >= 0.6 is 0 Å². The van der Waals surface area contributed by atoms with E-state index in [1.54, 1.807) is 0 Å². The molecule has 0 radical (unpaired) electrons. The second-order valence-electron chi connectivity index (χ2n) is 3.81. The highest BCUT2D eigenvalue weighted by molar-refractivity contribution is 6.59. The molecule has 0 heterocycles. The molecular weight excluding hydrogens is 182 g/mol. The Morgan fingerprint density at radius 1 is 1.36 bits per heavy atom. The zero-order chi connectivity index (χ0) is 10.7. The number of hydrogen-bond donors (Lipinski definition) is 2. The molecule has 1 aromatic carbocycles. The molecule has 0 atom stereocenters. The molecule has 0 saturated carbocycles. The summed E-state index contributed by atoms with van der Waals surface area (Å²) >= 11 is 0. The maximum absolute atomic E-state index is 12.9. The highest BCUT2D eigenvalue weighted by Gasteiger charge is 2.16. The minimum absolute atomic E-state index is 0.343. The van der Waals surface area contributed by atoms with Gasteiger partial charge in [-0.3, -0.25) is 0 Å². The van der Waals surface area contributed by atoms with Crippen molar-refractivity contribution in [3.05, 3.63) is 29.6 Å². The Morgan fingerprint density at radius 2 is 2.00 bits per heavy atom. The lowest BCUT2D eigenvalue weighted by Gasteiger charge is -2.10. The van der Waals surface area contributed by atoms with E-state index < -0.39 is 7.12 Å². The Labute approximate surface area is 83.5 Å². The fourth-order valence-corrected chi connectivity index (χ4v) is 1.44. The van der Waals surface area contributed by atoms with Crippen LogP contribution in [0.3, 0.4) is 0 Å². The number of hydrogen-bond acceptors (Lipinski definition) is 2. The molecule has 14 heavy (non-hydrogen) atoms. The predicted molar refractivity (Wildman–Crippen MR) is 54.8 cm³/mol. The van der Waals surface area contributed by atoms with Crippen LogP contribution in [0.5, 0.6) is 0 Å². The predicted octanol–water partition coefficient (Wildman–Crippen LogP) is 0.704. The molecule has 0 aliphatic carbocycles. The van der Waals surface area contributed by atoms with Crippen molar-refractivity contribution in [2.24, 2.45) is 5.92 Å². The van der Waals surface area contributed by atoms with Gasteiger partial charge >= 0.3 is 7.12 Å². The zero-order valence-electron chi connectivity index (χ0n) is 8.37. The van der Waals surface area contributed by atoms with E-state index in [0.717, 1.165) is 0 Å². The molecule has 0 aromatic heterocycles. The van der Waals surface area contributed by atoms with Crippen LogP contribution in [0.4, 0.5) is 4.39 Å². The molecule has 1 rings (SSSR count). The minimum Gasteiger partial charge on any atom is -0.423 e. The van der Waals surface area contributed by atoms with E-state index in [0.29, 0.717) is 23.4 Å². The van der Waals surface area contributed by atoms with Gasteiger partial charge in [0.25, 0.3) is 0 Å². The summed E-state index contributed by atoms with van der Waals surface area (Å²) in [6.45, 7) is 4.00. The van der Waals surface area contributed by atoms with E-state index in [4.69, 9.17) is 10.0 Å². The molecule has 0 aliphatic heterocycles. The normalized spacial score (nSPS) is 10.7. The van der Waals surface area contributed by atoms with Crippen molar-refractivity contribution in [3.63, 3.8) is 0 Å². The summed E-state index contributed by atoms with van der Waals surface area (Å²) in [7, 11) is -1.52. The summed E-state index contributed by atoms with van der Waals surface area (Å²) in [6, 6.07) is 4.01. The Hall–Kier alpha value is -0.865. The van der Waals surface area contributed by atoms with Gasteiger partial charge in [0.2, 0.25) is 0 Å². The number of rotatable bonds is 3. The molecular formula is C10H14BFO2. The molecule has 2 nitrogen and oxygen atoms in total. The van der Waals surface area contributed by atoms with E-state index in [9.17, 15) is 4.39 Å². The van der Waals surface area contributed by atoms with Gasteiger partial charge in [0.1, 0.15) is 5.82 Å². The van der Waals surface area contributed by atoms with E-state index in [-0.39, 0.29) is 5.82 Å². The number of halogens is 1. The van der Waals surface area contributed by atoms with E-state index in [1.165, 1.54) is 18.2 Å². The summed E-state index contributed by atoms with van der Waals surface area (Å²) in [5.74, 6) is 0.0133. The van der Waals surface area contributed by atoms with Gasteiger partial charge < -0.3 is 10.0 Å². The lowest BCUT2D eigenvalue weighted by Crippen LogP contribution is -2.33. The van der Waals surface area contributed by atoms with Crippen LogP contribution in [0.25, 0.3) is 0 Å². The molecule has 1 aromatic rings. The smallest absolute Gasteiger partial charge is 0.423 e. The zero-order valence-corrected chi connectivity index (χ0v) is 8.37. The SMILES string of the molecule is CC(C)Cc1cc(F)ccc1B(O)O. The Balaban J connectivity index is 3.03. The first-order valence-electron chi connectivity index (χ1n) is 4.65. The first kappa shape index (κ1) is 11.2. The van der Waals surface area contributed by atoms with Gasteiger partial charge in [-0.25, -0.2) is 4.39 Å². The molecule has 2 N–H and O–H groups in total. The fourth-order valence-electron chi connectivity index (χ4n) is 1.44. The minimum atomic E-state index is -1.52. The third-order valence-electron chi connectivity index (χ3n) is 2.01. The van der Waals surface area contributed by atoms with Crippen molar-refractivity contribution in [2.75, 3.05) is 0 Å². The van der Waals surface area contributed by atoms with Crippen LogP contribution in [-0.4, -0.2) is 17.2 Å². The average Bonchev–Trinajstić information content (AvgIpc) is 2.01. The summed E-state index contributed by atoms with van der Waals surface area (Å²) in [5.41, 5.74) is 1.05. The molecule has 4 heteroatoms. The number of benzene rings is 1. The van der Waals surface area contributed by atoms with Gasteiger partial charge in [0.15, 0.2) is 0 Å². The van der Waals surface area contributed by atoms with Crippen LogP contribution in [0.15, 0.2) is 18.2 Å². The third kappa shape index (κ3) is 2.82. The largest absolute Gasteiger partial charge is 0.488 e. The van der Waals surface area contributed by atoms with Crippen LogP contribution in [-0.2, 0) is 6.42 Å². The summed E-state index contributed by atoms with van der Waals surface area (Å²) < 4.78 is 12.9. The monoisotopic (exact) mass is 196 g/mol. The quantitative estimate of drug-likeness (QED) is 0.698. The summed E-state index contributed by atoms with van der Waals surface area (Å²) in [5, 5.41) is 18.1. The van der Waals surface area contributed by atoms with Crippen molar-refractivity contribution in [2.45, 2.75) is 20.3 Å². The maximum atomic E-state index is 12.9. The molecule has 0 fully saturated rings. The van der Waals surface area contributed by atoms with Crippen LogP contribution in [0.2, 0.25) is 0 Å². The average molecular weight is 196 g/mol. The van der Waals surface area contributed by atoms with E-state index in [1.807, 2.05) is 13.8 Å². The molecule has 0 unspecified atom stereocenters. The van der Waals surface area contributed by atoms with E-state index >= 15 is 0 Å². The van der Waals surface area contributed by atoms with Gasteiger partial charge in [0.05, 0.1) is 0 Å². The molecule has 0 amide bonds. The summed E-state index contributed by atoms with van der Waals surface area (Å²) in [4.78, 5) is 0. The van der Waals surface area contributed by atoms with Gasteiger partial charge in [-0.05, 0) is 35.5 Å². The van der Waals surface area contributed by atoms with Crippen molar-refractivity contribution >= 4 is 12.6 Å². The van der Waals surface area contributed by atoms with Crippen molar-refractivity contribution in [1.29, 1.82) is 0 Å². The Kier molecular flexibility index (Phi) is 3.66. The standard InChI is InChI=1S/C10H14BFO2/c1-7(2)5-8-6-9(12)3-4-10(8)11(13)14/h3-4,6-7,13-14H,5H2,1-2H3. The van der Waals surface area contributed by atoms with Gasteiger partial charge in [-0.2, -0.15) is 0 Å². The van der Waals surface area contributed by atoms with Gasteiger partial charge in [-0.15, -0.1) is 0 Å². The molecule has 76 valence electrons. The van der Waals surface area contributed by atoms with E-state index in [2.05, 4.69) is 0 Å². The lowest BCUT2D eigenvalue weighted by molar-refractivity contribution is 0.425. The highest BCUT2D eigenvalue weighted by atomic mass is 19.1. The first-order valence-corrected chi connectivity index (χ1v) is 4.65. The Bertz CT molecular complexity index is 313. The fraction of sp³-hybridized carbons (Fsp3) is 0.400. The third-order valence-corrected chi connectivity index (χ3v) is 2.01. The van der Waals surface area contributed by atoms with Crippen molar-refractivity contribution in [1.82, 2.24) is 0 Å².